The van der Waals surface area contributed by atoms with Crippen LogP contribution in [0.2, 0.25) is 0 Å². The van der Waals surface area contributed by atoms with Gasteiger partial charge in [-0.3, -0.25) is 0 Å². The summed E-state index contributed by atoms with van der Waals surface area (Å²) in [4.78, 5) is 4.91. The standard InChI is InChI=1S/C61H42N2/c1-4-18-43(19-5-1)45-32-34-47(35-33-45)51-24-11-15-29-58(51)62(49-38-36-46(37-39-49)44-20-6-2-7-21-44)50-40-41-53-52-25-10-12-26-54(52)61(57(53)42-50)55-27-13-16-30-59(55)63(48-22-8-3-9-23-48)60-31-17-14-28-56(60)61/h1-42H. The first-order valence-corrected chi connectivity index (χ1v) is 21.8. The van der Waals surface area contributed by atoms with Crippen molar-refractivity contribution in [1.29, 1.82) is 0 Å². The highest BCUT2D eigenvalue weighted by atomic mass is 15.2. The molecule has 1 aliphatic carbocycles. The van der Waals surface area contributed by atoms with Crippen molar-refractivity contribution in [3.8, 4) is 44.5 Å². The lowest BCUT2D eigenvalue weighted by Gasteiger charge is -2.45. The van der Waals surface area contributed by atoms with Gasteiger partial charge in [0.25, 0.3) is 0 Å². The van der Waals surface area contributed by atoms with Gasteiger partial charge in [0, 0.05) is 22.6 Å². The fourth-order valence-electron chi connectivity index (χ4n) is 10.3. The lowest BCUT2D eigenvalue weighted by molar-refractivity contribution is 0.752. The van der Waals surface area contributed by atoms with E-state index in [2.05, 4.69) is 265 Å². The molecule has 0 saturated heterocycles. The minimum absolute atomic E-state index is 0.573. The molecule has 0 aromatic heterocycles. The first-order chi connectivity index (χ1) is 31.3. The average Bonchev–Trinajstić information content (AvgIpc) is 3.65. The molecule has 10 aromatic rings. The fraction of sp³-hybridized carbons (Fsp3) is 0.0164. The lowest BCUT2D eigenvalue weighted by Crippen LogP contribution is -2.36. The molecule has 12 rings (SSSR count). The number of para-hydroxylation sites is 4. The van der Waals surface area contributed by atoms with Gasteiger partial charge >= 0.3 is 0 Å². The molecule has 0 unspecified atom stereocenters. The van der Waals surface area contributed by atoms with E-state index in [1.165, 1.54) is 67.0 Å². The summed E-state index contributed by atoms with van der Waals surface area (Å²) in [6.45, 7) is 0. The summed E-state index contributed by atoms with van der Waals surface area (Å²) in [7, 11) is 0. The molecule has 1 spiro atoms. The molecule has 0 radical (unpaired) electrons. The second kappa shape index (κ2) is 15.1. The summed E-state index contributed by atoms with van der Waals surface area (Å²) in [5.41, 5.74) is 21.0. The van der Waals surface area contributed by atoms with E-state index in [1.54, 1.807) is 0 Å². The van der Waals surface area contributed by atoms with Crippen LogP contribution in [0.4, 0.5) is 34.1 Å². The maximum Gasteiger partial charge on any atom is 0.0755 e. The Bertz CT molecular complexity index is 3220. The molecule has 1 aliphatic heterocycles. The molecule has 0 bridgehead atoms. The van der Waals surface area contributed by atoms with Crippen molar-refractivity contribution >= 4 is 34.1 Å². The number of hydrogen-bond acceptors (Lipinski definition) is 2. The summed E-state index contributed by atoms with van der Waals surface area (Å²) in [6.07, 6.45) is 0. The Morgan fingerprint density at radius 2 is 0.714 bits per heavy atom. The number of anilines is 6. The predicted octanol–water partition coefficient (Wildman–Crippen LogP) is 16.3. The predicted molar refractivity (Wildman–Crippen MR) is 263 cm³/mol. The van der Waals surface area contributed by atoms with Crippen molar-refractivity contribution in [3.63, 3.8) is 0 Å². The maximum atomic E-state index is 2.49. The van der Waals surface area contributed by atoms with Crippen LogP contribution >= 0.6 is 0 Å². The van der Waals surface area contributed by atoms with Crippen LogP contribution in [0.1, 0.15) is 22.3 Å². The van der Waals surface area contributed by atoms with Gasteiger partial charge in [-0.2, -0.15) is 0 Å². The molecular formula is C61H42N2. The number of fused-ring (bicyclic) bond motifs is 9. The number of nitrogens with zero attached hydrogens (tertiary/aromatic N) is 2. The van der Waals surface area contributed by atoms with E-state index < -0.39 is 5.41 Å². The van der Waals surface area contributed by atoms with Crippen LogP contribution in [-0.2, 0) is 5.41 Å². The second-order valence-electron chi connectivity index (χ2n) is 16.4. The van der Waals surface area contributed by atoms with Crippen molar-refractivity contribution < 1.29 is 0 Å². The van der Waals surface area contributed by atoms with Crippen molar-refractivity contribution in [2.75, 3.05) is 9.80 Å². The minimum atomic E-state index is -0.573. The summed E-state index contributed by atoms with van der Waals surface area (Å²) in [5, 5.41) is 0. The Labute approximate surface area is 369 Å². The van der Waals surface area contributed by atoms with E-state index in [0.717, 1.165) is 33.9 Å². The summed E-state index contributed by atoms with van der Waals surface area (Å²) in [6, 6.07) is 93.3. The smallest absolute Gasteiger partial charge is 0.0755 e. The van der Waals surface area contributed by atoms with Crippen molar-refractivity contribution in [2.45, 2.75) is 5.41 Å². The molecule has 1 heterocycles. The van der Waals surface area contributed by atoms with Gasteiger partial charge < -0.3 is 9.80 Å². The van der Waals surface area contributed by atoms with E-state index in [0.29, 0.717) is 0 Å². The zero-order chi connectivity index (χ0) is 41.7. The number of benzene rings is 10. The van der Waals surface area contributed by atoms with Gasteiger partial charge in [-0.05, 0) is 116 Å². The largest absolute Gasteiger partial charge is 0.310 e. The third-order valence-electron chi connectivity index (χ3n) is 13.1. The van der Waals surface area contributed by atoms with Gasteiger partial charge in [0.15, 0.2) is 0 Å². The fourth-order valence-corrected chi connectivity index (χ4v) is 10.3. The van der Waals surface area contributed by atoms with Crippen molar-refractivity contribution in [3.05, 3.63) is 277 Å². The zero-order valence-electron chi connectivity index (χ0n) is 34.6. The van der Waals surface area contributed by atoms with Crippen molar-refractivity contribution in [1.82, 2.24) is 0 Å². The van der Waals surface area contributed by atoms with Crippen LogP contribution in [0.5, 0.6) is 0 Å². The SMILES string of the molecule is c1ccc(-c2ccc(-c3ccccc3N(c3ccc(-c4ccccc4)cc3)c3ccc4c(c3)C3(c5ccccc5-4)c4ccccc4N(c4ccccc4)c4ccccc43)cc2)cc1. The van der Waals surface area contributed by atoms with E-state index >= 15 is 0 Å². The zero-order valence-corrected chi connectivity index (χ0v) is 34.6. The molecule has 0 saturated carbocycles. The normalized spacial score (nSPS) is 12.9. The molecule has 2 heteroatoms. The van der Waals surface area contributed by atoms with Crippen LogP contribution < -0.4 is 9.80 Å². The van der Waals surface area contributed by atoms with Crippen LogP contribution in [-0.4, -0.2) is 0 Å². The molecule has 2 nitrogen and oxygen atoms in total. The Morgan fingerprint density at radius 3 is 1.33 bits per heavy atom. The first kappa shape index (κ1) is 36.6. The summed E-state index contributed by atoms with van der Waals surface area (Å²) >= 11 is 0. The van der Waals surface area contributed by atoms with Gasteiger partial charge in [-0.1, -0.05) is 200 Å². The molecule has 0 N–H and O–H groups in total. The molecular weight excluding hydrogens is 761 g/mol. The van der Waals surface area contributed by atoms with Gasteiger partial charge in [-0.25, -0.2) is 0 Å². The highest BCUT2D eigenvalue weighted by Crippen LogP contribution is 2.64. The quantitative estimate of drug-likeness (QED) is 0.158. The Balaban J connectivity index is 1.09. The average molecular weight is 803 g/mol. The van der Waals surface area contributed by atoms with Crippen LogP contribution in [0.15, 0.2) is 255 Å². The highest BCUT2D eigenvalue weighted by molar-refractivity contribution is 5.98. The second-order valence-corrected chi connectivity index (χ2v) is 16.4. The molecule has 0 amide bonds. The molecule has 296 valence electrons. The monoisotopic (exact) mass is 802 g/mol. The lowest BCUT2D eigenvalue weighted by atomic mass is 9.64. The third-order valence-corrected chi connectivity index (χ3v) is 13.1. The summed E-state index contributed by atoms with van der Waals surface area (Å²) in [5.74, 6) is 0. The van der Waals surface area contributed by atoms with E-state index in [4.69, 9.17) is 0 Å². The molecule has 0 fully saturated rings. The molecule has 63 heavy (non-hydrogen) atoms. The molecule has 10 aromatic carbocycles. The maximum absolute atomic E-state index is 2.49. The molecule has 2 aliphatic rings. The molecule has 0 atom stereocenters. The topological polar surface area (TPSA) is 6.48 Å². The van der Waals surface area contributed by atoms with Crippen LogP contribution in [0.25, 0.3) is 44.5 Å². The first-order valence-electron chi connectivity index (χ1n) is 21.8. The third kappa shape index (κ3) is 5.87. The minimum Gasteiger partial charge on any atom is -0.310 e. The Morgan fingerprint density at radius 1 is 0.286 bits per heavy atom. The number of hydrogen-bond donors (Lipinski definition) is 0. The van der Waals surface area contributed by atoms with Gasteiger partial charge in [0.1, 0.15) is 0 Å². The Kier molecular flexibility index (Phi) is 8.76. The van der Waals surface area contributed by atoms with Gasteiger partial charge in [-0.15, -0.1) is 0 Å². The van der Waals surface area contributed by atoms with Crippen LogP contribution in [0.3, 0.4) is 0 Å². The van der Waals surface area contributed by atoms with E-state index in [9.17, 15) is 0 Å². The summed E-state index contributed by atoms with van der Waals surface area (Å²) < 4.78 is 0. The van der Waals surface area contributed by atoms with E-state index in [1.807, 2.05) is 0 Å². The van der Waals surface area contributed by atoms with Crippen molar-refractivity contribution in [2.24, 2.45) is 0 Å². The Hall–Kier alpha value is -8.20. The van der Waals surface area contributed by atoms with Gasteiger partial charge in [0.2, 0.25) is 0 Å². The van der Waals surface area contributed by atoms with Crippen LogP contribution in [0, 0.1) is 0 Å². The van der Waals surface area contributed by atoms with Gasteiger partial charge in [0.05, 0.1) is 22.5 Å². The highest BCUT2D eigenvalue weighted by Gasteiger charge is 2.51. The number of rotatable bonds is 7. The van der Waals surface area contributed by atoms with E-state index in [-0.39, 0.29) is 0 Å².